The third-order valence-corrected chi connectivity index (χ3v) is 4.35. The van der Waals surface area contributed by atoms with Gasteiger partial charge in [0.2, 0.25) is 0 Å². The van der Waals surface area contributed by atoms with Gasteiger partial charge in [-0.3, -0.25) is 4.90 Å². The van der Waals surface area contributed by atoms with E-state index >= 15 is 0 Å². The van der Waals surface area contributed by atoms with E-state index in [9.17, 15) is 8.78 Å². The fourth-order valence-electron chi connectivity index (χ4n) is 3.30. The number of nitrogens with zero attached hydrogens (tertiary/aromatic N) is 1. The van der Waals surface area contributed by atoms with Crippen molar-refractivity contribution in [3.63, 3.8) is 0 Å². The van der Waals surface area contributed by atoms with E-state index in [0.717, 1.165) is 44.6 Å². The Hall–Kier alpha value is -1.44. The molecule has 148 valence electrons. The molecule has 0 spiro atoms. The van der Waals surface area contributed by atoms with Crippen LogP contribution in [-0.4, -0.2) is 57.0 Å². The molecule has 7 heteroatoms. The number of morpholine rings is 1. The van der Waals surface area contributed by atoms with E-state index in [-0.39, 0.29) is 5.75 Å². The number of nitrogens with one attached hydrogen (secondary N) is 1. The fourth-order valence-corrected chi connectivity index (χ4v) is 3.30. The summed E-state index contributed by atoms with van der Waals surface area (Å²) in [6.07, 6.45) is 2.79. The van der Waals surface area contributed by atoms with Crippen LogP contribution in [0.1, 0.15) is 32.3 Å². The average molecular weight is 372 g/mol. The Kier molecular flexibility index (Phi) is 8.54. The second kappa shape index (κ2) is 10.6. The summed E-state index contributed by atoms with van der Waals surface area (Å²) in [6.45, 7) is 5.93. The minimum absolute atomic E-state index is 0.0670. The van der Waals surface area contributed by atoms with Crippen molar-refractivity contribution >= 4 is 0 Å². The highest BCUT2D eigenvalue weighted by Crippen LogP contribution is 2.29. The number of halogens is 2. The second-order valence-electron chi connectivity index (χ2n) is 6.76. The van der Waals surface area contributed by atoms with E-state index in [0.29, 0.717) is 24.5 Å². The first-order chi connectivity index (χ1) is 12.5. The second-order valence-corrected chi connectivity index (χ2v) is 6.76. The first kappa shape index (κ1) is 20.9. The zero-order chi connectivity index (χ0) is 18.9. The Morgan fingerprint density at radius 3 is 2.58 bits per heavy atom. The van der Waals surface area contributed by atoms with Gasteiger partial charge in [0.25, 0.3) is 0 Å². The van der Waals surface area contributed by atoms with Crippen LogP contribution in [0.15, 0.2) is 18.2 Å². The molecule has 2 unspecified atom stereocenters. The van der Waals surface area contributed by atoms with Gasteiger partial charge in [0.05, 0.1) is 19.3 Å². The third-order valence-electron chi connectivity index (χ3n) is 4.35. The maximum Gasteiger partial charge on any atom is 0.387 e. The molecular formula is C19H30F2N2O3. The third kappa shape index (κ3) is 7.05. The summed E-state index contributed by atoms with van der Waals surface area (Å²) < 4.78 is 40.2. The standard InChI is InChI=1S/C19H30F2N2O3/c1-14-12-23(13-15(2)25-14)9-5-4-8-22-11-16-6-7-17(24-3)18(10-16)26-19(20)21/h6-7,10,14-15,19,22H,4-5,8-9,11-13H2,1-3H3. The summed E-state index contributed by atoms with van der Waals surface area (Å²) in [6, 6.07) is 5.09. The van der Waals surface area contributed by atoms with Crippen molar-refractivity contribution in [3.8, 4) is 11.5 Å². The van der Waals surface area contributed by atoms with Crippen LogP contribution in [0.5, 0.6) is 11.5 Å². The largest absolute Gasteiger partial charge is 0.493 e. The lowest BCUT2D eigenvalue weighted by Crippen LogP contribution is -2.45. The van der Waals surface area contributed by atoms with Crippen molar-refractivity contribution in [1.29, 1.82) is 0 Å². The minimum Gasteiger partial charge on any atom is -0.493 e. The molecule has 1 N–H and O–H groups in total. The fraction of sp³-hybridized carbons (Fsp3) is 0.684. The molecule has 5 nitrogen and oxygen atoms in total. The first-order valence-corrected chi connectivity index (χ1v) is 9.18. The summed E-state index contributed by atoms with van der Waals surface area (Å²) in [5.41, 5.74) is 0.886. The van der Waals surface area contributed by atoms with Gasteiger partial charge in [-0.15, -0.1) is 0 Å². The van der Waals surface area contributed by atoms with Crippen LogP contribution in [0.3, 0.4) is 0 Å². The number of ether oxygens (including phenoxy) is 3. The zero-order valence-electron chi connectivity index (χ0n) is 15.8. The van der Waals surface area contributed by atoms with Gasteiger partial charge in [0.1, 0.15) is 0 Å². The summed E-state index contributed by atoms with van der Waals surface area (Å²) in [7, 11) is 1.43. The van der Waals surface area contributed by atoms with E-state index in [1.807, 2.05) is 6.07 Å². The molecule has 0 radical (unpaired) electrons. The number of rotatable bonds is 10. The van der Waals surface area contributed by atoms with Crippen molar-refractivity contribution in [2.24, 2.45) is 0 Å². The molecule has 26 heavy (non-hydrogen) atoms. The molecule has 0 bridgehead atoms. The van der Waals surface area contributed by atoms with Crippen LogP contribution < -0.4 is 14.8 Å². The van der Waals surface area contributed by atoms with Crippen molar-refractivity contribution in [2.75, 3.05) is 33.3 Å². The van der Waals surface area contributed by atoms with Crippen molar-refractivity contribution in [1.82, 2.24) is 10.2 Å². The maximum atomic E-state index is 12.5. The van der Waals surface area contributed by atoms with Gasteiger partial charge in [0.15, 0.2) is 11.5 Å². The van der Waals surface area contributed by atoms with Gasteiger partial charge in [0, 0.05) is 19.6 Å². The Morgan fingerprint density at radius 1 is 1.19 bits per heavy atom. The molecule has 0 aromatic heterocycles. The number of alkyl halides is 2. The van der Waals surface area contributed by atoms with E-state index in [1.54, 1.807) is 12.1 Å². The Morgan fingerprint density at radius 2 is 1.92 bits per heavy atom. The molecular weight excluding hydrogens is 342 g/mol. The number of methoxy groups -OCH3 is 1. The Bertz CT molecular complexity index is 536. The molecule has 2 atom stereocenters. The van der Waals surface area contributed by atoms with Gasteiger partial charge in [-0.1, -0.05) is 6.07 Å². The lowest BCUT2D eigenvalue weighted by atomic mass is 10.2. The number of hydrogen-bond donors (Lipinski definition) is 1. The molecule has 0 amide bonds. The van der Waals surface area contributed by atoms with E-state index in [2.05, 4.69) is 28.8 Å². The molecule has 1 fully saturated rings. The molecule has 0 saturated carbocycles. The normalized spacial score (nSPS) is 21.2. The van der Waals surface area contributed by atoms with Gasteiger partial charge < -0.3 is 19.5 Å². The summed E-state index contributed by atoms with van der Waals surface area (Å²) in [4.78, 5) is 2.45. The highest BCUT2D eigenvalue weighted by Gasteiger charge is 2.21. The number of benzene rings is 1. The number of unbranched alkanes of at least 4 members (excludes halogenated alkanes) is 1. The summed E-state index contributed by atoms with van der Waals surface area (Å²) >= 11 is 0. The zero-order valence-corrected chi connectivity index (χ0v) is 15.8. The lowest BCUT2D eigenvalue weighted by molar-refractivity contribution is -0.0681. The molecule has 2 rings (SSSR count). The Labute approximate surface area is 154 Å². The lowest BCUT2D eigenvalue weighted by Gasteiger charge is -2.35. The molecule has 0 aliphatic carbocycles. The molecule has 1 aliphatic heterocycles. The van der Waals surface area contributed by atoms with Crippen LogP contribution in [0.25, 0.3) is 0 Å². The predicted molar refractivity (Wildman–Crippen MR) is 97.0 cm³/mol. The molecule has 1 heterocycles. The predicted octanol–water partition coefficient (Wildman–Crippen LogP) is 3.28. The van der Waals surface area contributed by atoms with Gasteiger partial charge in [-0.05, 0) is 57.5 Å². The molecule has 1 saturated heterocycles. The molecule has 1 aromatic carbocycles. The smallest absolute Gasteiger partial charge is 0.387 e. The van der Waals surface area contributed by atoms with Crippen LogP contribution in [0.2, 0.25) is 0 Å². The van der Waals surface area contributed by atoms with Gasteiger partial charge in [-0.2, -0.15) is 8.78 Å². The van der Waals surface area contributed by atoms with Gasteiger partial charge in [-0.25, -0.2) is 0 Å². The highest BCUT2D eigenvalue weighted by atomic mass is 19.3. The molecule has 1 aromatic rings. The van der Waals surface area contributed by atoms with Crippen LogP contribution in [-0.2, 0) is 11.3 Å². The SMILES string of the molecule is COc1ccc(CNCCCCN2CC(C)OC(C)C2)cc1OC(F)F. The van der Waals surface area contributed by atoms with Crippen molar-refractivity contribution in [2.45, 2.75) is 52.1 Å². The molecule has 1 aliphatic rings. The highest BCUT2D eigenvalue weighted by molar-refractivity contribution is 5.42. The quantitative estimate of drug-likeness (QED) is 0.639. The van der Waals surface area contributed by atoms with Crippen LogP contribution in [0, 0.1) is 0 Å². The van der Waals surface area contributed by atoms with E-state index < -0.39 is 6.61 Å². The van der Waals surface area contributed by atoms with Gasteiger partial charge >= 0.3 is 6.61 Å². The van der Waals surface area contributed by atoms with Crippen LogP contribution in [0.4, 0.5) is 8.78 Å². The Balaban J connectivity index is 1.66. The maximum absolute atomic E-state index is 12.5. The van der Waals surface area contributed by atoms with Crippen LogP contribution >= 0.6 is 0 Å². The summed E-state index contributed by atoms with van der Waals surface area (Å²) in [5.74, 6) is 0.375. The first-order valence-electron chi connectivity index (χ1n) is 9.18. The van der Waals surface area contributed by atoms with E-state index in [4.69, 9.17) is 9.47 Å². The average Bonchev–Trinajstić information content (AvgIpc) is 2.57. The summed E-state index contributed by atoms with van der Waals surface area (Å²) in [5, 5.41) is 3.35. The number of hydrogen-bond acceptors (Lipinski definition) is 5. The topological polar surface area (TPSA) is 43.0 Å². The minimum atomic E-state index is -2.86. The van der Waals surface area contributed by atoms with Crippen molar-refractivity contribution in [3.05, 3.63) is 23.8 Å². The van der Waals surface area contributed by atoms with E-state index in [1.165, 1.54) is 7.11 Å². The monoisotopic (exact) mass is 372 g/mol. The van der Waals surface area contributed by atoms with Crippen molar-refractivity contribution < 1.29 is 23.0 Å².